The van der Waals surface area contributed by atoms with Gasteiger partial charge in [0, 0.05) is 70.1 Å². The molecule has 4 aromatic carbocycles. The molecule has 0 radical (unpaired) electrons. The minimum atomic E-state index is -3.46. The van der Waals surface area contributed by atoms with Crippen molar-refractivity contribution < 1.29 is 103 Å². The van der Waals surface area contributed by atoms with Gasteiger partial charge in [0.1, 0.15) is 0 Å². The maximum absolute atomic E-state index is 12.1. The van der Waals surface area contributed by atoms with Gasteiger partial charge in [-0.05, 0) is 87.8 Å². The van der Waals surface area contributed by atoms with Gasteiger partial charge in [-0.3, -0.25) is 48.3 Å². The van der Waals surface area contributed by atoms with Gasteiger partial charge < -0.3 is 14.9 Å². The van der Waals surface area contributed by atoms with Crippen molar-refractivity contribution in [3.63, 3.8) is 0 Å². The van der Waals surface area contributed by atoms with Crippen LogP contribution >= 0.6 is 70.2 Å². The van der Waals surface area contributed by atoms with Gasteiger partial charge >= 0.3 is 51.4 Å². The largest absolute Gasteiger partial charge is 1.00 e. The standard InChI is InChI=1S/C15H17NO3S.C13H14BrNO2.C13H14ClNO4S.C8H5NO2.C5H10Br2.K/c1-11(17)20-10-6-2-5-9-16-14(18)12-7-3-4-8-13(12)15(16)19;14-8-4-1-5-9-15-12(16)10-6-2-3-7-11(10)13(15)17;14-20(18,19)9-5-1-4-8-15-12(16)10-6-2-3-7-11(10)13(15)17;10-7-5-3-1-2-4-6(5)8(11)9-7;6-4-2-1-3-5-7;/h3-4,7-8H,2,5-6,9-10H2,1H3;2-3,6-7H,1,4-5,8-9H2;2-3,6-7H,1,4-5,8-9H2;1-4H,(H,9,10,11);1-5H2;/q;;;;;+1/p-1. The van der Waals surface area contributed by atoms with Crippen molar-refractivity contribution in [2.75, 3.05) is 47.1 Å². The normalized spacial score (nSPS) is 13.7. The molecule has 15 nitrogen and oxygen atoms in total. The molecule has 402 valence electrons. The van der Waals surface area contributed by atoms with Crippen molar-refractivity contribution in [2.24, 2.45) is 0 Å². The number of carbonyl (C=O) groups excluding carboxylic acids is 9. The number of nitrogens with zero attached hydrogens (tertiary/aromatic N) is 4. The number of unbranched alkanes of at least 4 members (excludes halogenated alkanes) is 8. The number of rotatable bonds is 21. The number of benzene rings is 4. The first-order valence-electron chi connectivity index (χ1n) is 24.5. The van der Waals surface area contributed by atoms with E-state index in [0.717, 1.165) is 60.3 Å². The van der Waals surface area contributed by atoms with Crippen LogP contribution in [0.1, 0.15) is 167 Å². The molecule has 0 aromatic heterocycles. The van der Waals surface area contributed by atoms with Crippen LogP contribution in [0, 0.1) is 0 Å². The molecule has 0 saturated heterocycles. The number of thioether (sulfide) groups is 1. The second-order valence-corrected chi connectivity index (χ2v) is 23.6. The zero-order chi connectivity index (χ0) is 54.9. The number of halogens is 4. The molecule has 0 saturated carbocycles. The molecule has 8 rings (SSSR count). The molecule has 0 atom stereocenters. The van der Waals surface area contributed by atoms with Gasteiger partial charge in [-0.15, -0.1) is 0 Å². The van der Waals surface area contributed by atoms with E-state index < -0.39 is 20.9 Å². The Morgan fingerprint density at radius 3 is 0.987 bits per heavy atom. The molecule has 0 aliphatic carbocycles. The number of hydrogen-bond acceptors (Lipinski definition) is 12. The Morgan fingerprint density at radius 1 is 0.447 bits per heavy atom. The van der Waals surface area contributed by atoms with E-state index in [1.807, 2.05) is 0 Å². The molecule has 0 spiro atoms. The van der Waals surface area contributed by atoms with Gasteiger partial charge in [-0.1, -0.05) is 146 Å². The minimum Gasteiger partial charge on any atom is -0.587 e. The fourth-order valence-corrected chi connectivity index (χ4v) is 10.5. The Kier molecular flexibility index (Phi) is 31.2. The Labute approximate surface area is 521 Å². The predicted molar refractivity (Wildman–Crippen MR) is 303 cm³/mol. The van der Waals surface area contributed by atoms with Crippen LogP contribution in [0.25, 0.3) is 5.32 Å². The van der Waals surface area contributed by atoms with E-state index in [1.165, 1.54) is 45.7 Å². The third-order valence-corrected chi connectivity index (χ3v) is 15.4. The number of hydrogen-bond donors (Lipinski definition) is 0. The number of amides is 8. The smallest absolute Gasteiger partial charge is 0.587 e. The Balaban J connectivity index is 0.000000259. The van der Waals surface area contributed by atoms with E-state index in [-0.39, 0.29) is 97.7 Å². The monoisotopic (exact) mass is 1310 g/mol. The van der Waals surface area contributed by atoms with E-state index >= 15 is 0 Å². The van der Waals surface area contributed by atoms with Gasteiger partial charge in [0.15, 0.2) is 5.12 Å². The summed E-state index contributed by atoms with van der Waals surface area (Å²) in [5.74, 6) is -1.38. The first kappa shape index (κ1) is 67.1. The van der Waals surface area contributed by atoms with Crippen molar-refractivity contribution in [1.82, 2.24) is 14.7 Å². The Morgan fingerprint density at radius 2 is 0.711 bits per heavy atom. The van der Waals surface area contributed by atoms with Crippen LogP contribution in [0.4, 0.5) is 0 Å². The maximum Gasteiger partial charge on any atom is 1.00 e. The number of fused-ring (bicyclic) bond motifs is 4. The van der Waals surface area contributed by atoms with E-state index in [9.17, 15) is 51.6 Å². The summed E-state index contributed by atoms with van der Waals surface area (Å²) in [4.78, 5) is 109. The zero-order valence-corrected chi connectivity index (χ0v) is 52.8. The Bertz CT molecular complexity index is 2670. The van der Waals surface area contributed by atoms with Crippen LogP contribution in [0.5, 0.6) is 0 Å². The molecule has 4 heterocycles. The second-order valence-electron chi connectivity index (χ2n) is 17.1. The average Bonchev–Trinajstić information content (AvgIpc) is 4.01. The average molecular weight is 1320 g/mol. The number of carbonyl (C=O) groups is 9. The van der Waals surface area contributed by atoms with Crippen LogP contribution in [0.15, 0.2) is 97.1 Å². The molecule has 22 heteroatoms. The molecule has 4 aliphatic rings. The molecule has 4 aliphatic heterocycles. The van der Waals surface area contributed by atoms with Crippen LogP contribution < -0.4 is 51.4 Å². The van der Waals surface area contributed by atoms with Gasteiger partial charge in [0.25, 0.3) is 35.4 Å². The second kappa shape index (κ2) is 35.4. The molecule has 76 heavy (non-hydrogen) atoms. The van der Waals surface area contributed by atoms with E-state index in [4.69, 9.17) is 10.7 Å². The van der Waals surface area contributed by atoms with Gasteiger partial charge in [-0.25, -0.2) is 8.42 Å². The minimum absolute atomic E-state index is 0. The molecular formula is C54H59Br3ClKN4O11S2. The van der Waals surface area contributed by atoms with E-state index in [0.29, 0.717) is 83.4 Å². The van der Waals surface area contributed by atoms with Crippen LogP contribution in [-0.4, -0.2) is 123 Å². The van der Waals surface area contributed by atoms with Crippen LogP contribution in [0.3, 0.4) is 0 Å². The predicted octanol–water partition coefficient (Wildman–Crippen LogP) is 8.91. The Hall–Kier alpha value is -3.22. The first-order valence-corrected chi connectivity index (χ1v) is 31.3. The van der Waals surface area contributed by atoms with Crippen LogP contribution in [-0.2, 0) is 13.8 Å². The third kappa shape index (κ3) is 20.8. The van der Waals surface area contributed by atoms with Gasteiger partial charge in [0.2, 0.25) is 9.05 Å². The zero-order valence-electron chi connectivity index (χ0n) is 42.5. The molecule has 4 aromatic rings. The van der Waals surface area contributed by atoms with Crippen molar-refractivity contribution >= 4 is 132 Å². The summed E-state index contributed by atoms with van der Waals surface area (Å²) in [6, 6.07) is 27.3. The molecule has 0 N–H and O–H groups in total. The van der Waals surface area contributed by atoms with Gasteiger partial charge in [-0.2, -0.15) is 0 Å². The number of imide groups is 4. The van der Waals surface area contributed by atoms with Gasteiger partial charge in [0.05, 0.1) is 50.9 Å². The summed E-state index contributed by atoms with van der Waals surface area (Å²) in [6.07, 6.45) is 11.1. The summed E-state index contributed by atoms with van der Waals surface area (Å²) >= 11 is 11.4. The first-order chi connectivity index (χ1) is 36.0. The third-order valence-electron chi connectivity index (χ3n) is 11.6. The molecule has 0 bridgehead atoms. The summed E-state index contributed by atoms with van der Waals surface area (Å²) < 4.78 is 21.5. The van der Waals surface area contributed by atoms with Crippen molar-refractivity contribution in [1.29, 1.82) is 0 Å². The van der Waals surface area contributed by atoms with Crippen molar-refractivity contribution in [3.05, 3.63) is 147 Å². The summed E-state index contributed by atoms with van der Waals surface area (Å²) in [5.41, 5.74) is 3.78. The molecule has 0 fully saturated rings. The fourth-order valence-electron chi connectivity index (χ4n) is 7.79. The maximum atomic E-state index is 12.1. The quantitative estimate of drug-likeness (QED) is 0.0252. The summed E-state index contributed by atoms with van der Waals surface area (Å²) in [7, 11) is 1.64. The topological polar surface area (TPSA) is 212 Å². The van der Waals surface area contributed by atoms with Crippen LogP contribution in [0.2, 0.25) is 0 Å². The summed E-state index contributed by atoms with van der Waals surface area (Å²) in [6.45, 7) is 2.84. The van der Waals surface area contributed by atoms with E-state index in [2.05, 4.69) is 53.1 Å². The van der Waals surface area contributed by atoms with Crippen molar-refractivity contribution in [2.45, 2.75) is 84.0 Å². The fraction of sp³-hybridized carbons (Fsp3) is 0.389. The molecule has 0 unspecified atom stereocenters. The SMILES string of the molecule is BrCCCCCBr.CC(=O)SCCCCCN1C(=O)c2ccccc2C1=O.O=C1[N-]C(=O)c2ccccc21.O=C1c2ccccc2C(=O)N1CCCCCBr.O=C1c2ccccc2C(=O)N1CCCCCS(=O)(=O)Cl.[K+]. The van der Waals surface area contributed by atoms with Crippen molar-refractivity contribution in [3.8, 4) is 0 Å². The van der Waals surface area contributed by atoms with E-state index in [1.54, 1.807) is 104 Å². The molecule has 8 amide bonds. The molecular weight excluding hydrogens is 1260 g/mol. The summed E-state index contributed by atoms with van der Waals surface area (Å²) in [5, 5.41) is 6.68. The number of alkyl halides is 3.